The molecule has 1 rings (SSSR count). The number of carboxylic acid groups (broad SMARTS) is 1. The SMILES string of the molecule is O=C(NCC[C@H](O)C(=O)O)c1ccc(Cl)c(Br)c1. The van der Waals surface area contributed by atoms with E-state index in [-0.39, 0.29) is 18.9 Å². The van der Waals surface area contributed by atoms with E-state index in [1.54, 1.807) is 18.2 Å². The Morgan fingerprint density at radius 1 is 1.44 bits per heavy atom. The van der Waals surface area contributed by atoms with Gasteiger partial charge in [0.15, 0.2) is 6.10 Å². The number of halogens is 2. The van der Waals surface area contributed by atoms with Crippen LogP contribution in [-0.4, -0.2) is 34.7 Å². The van der Waals surface area contributed by atoms with Crippen molar-refractivity contribution >= 4 is 39.4 Å². The highest BCUT2D eigenvalue weighted by molar-refractivity contribution is 9.10. The summed E-state index contributed by atoms with van der Waals surface area (Å²) in [4.78, 5) is 22.0. The van der Waals surface area contributed by atoms with Crippen LogP contribution in [0.4, 0.5) is 0 Å². The van der Waals surface area contributed by atoms with Crippen LogP contribution < -0.4 is 5.32 Å². The van der Waals surface area contributed by atoms with E-state index in [1.165, 1.54) is 0 Å². The van der Waals surface area contributed by atoms with Crippen LogP contribution >= 0.6 is 27.5 Å². The maximum Gasteiger partial charge on any atom is 0.332 e. The number of nitrogens with one attached hydrogen (secondary N) is 1. The number of hydrogen-bond donors (Lipinski definition) is 3. The molecule has 0 unspecified atom stereocenters. The lowest BCUT2D eigenvalue weighted by Gasteiger charge is -2.08. The van der Waals surface area contributed by atoms with E-state index in [9.17, 15) is 9.59 Å². The molecule has 98 valence electrons. The van der Waals surface area contributed by atoms with Gasteiger partial charge in [-0.25, -0.2) is 4.79 Å². The second-order valence-corrected chi connectivity index (χ2v) is 4.79. The van der Waals surface area contributed by atoms with Crippen LogP contribution in [0.1, 0.15) is 16.8 Å². The minimum absolute atomic E-state index is 0.0458. The van der Waals surface area contributed by atoms with Crippen molar-refractivity contribution in [2.45, 2.75) is 12.5 Å². The van der Waals surface area contributed by atoms with Crippen molar-refractivity contribution in [2.75, 3.05) is 6.54 Å². The molecular formula is C11H11BrClNO4. The van der Waals surface area contributed by atoms with Gasteiger partial charge < -0.3 is 15.5 Å². The average Bonchev–Trinajstić information content (AvgIpc) is 2.32. The molecule has 0 aliphatic heterocycles. The van der Waals surface area contributed by atoms with E-state index < -0.39 is 12.1 Å². The number of carboxylic acids is 1. The third kappa shape index (κ3) is 4.29. The number of carbonyl (C=O) groups excluding carboxylic acids is 1. The summed E-state index contributed by atoms with van der Waals surface area (Å²) in [6.45, 7) is 0.0759. The summed E-state index contributed by atoms with van der Waals surface area (Å²) in [5.74, 6) is -1.66. The summed E-state index contributed by atoms with van der Waals surface area (Å²) in [5.41, 5.74) is 0.399. The Labute approximate surface area is 117 Å². The number of aliphatic carboxylic acids is 1. The molecule has 0 aliphatic carbocycles. The van der Waals surface area contributed by atoms with Gasteiger partial charge in [0.25, 0.3) is 5.91 Å². The lowest BCUT2D eigenvalue weighted by Crippen LogP contribution is -2.30. The van der Waals surface area contributed by atoms with Gasteiger partial charge in [-0.3, -0.25) is 4.79 Å². The molecule has 1 aromatic rings. The van der Waals surface area contributed by atoms with Crippen molar-refractivity contribution in [3.63, 3.8) is 0 Å². The van der Waals surface area contributed by atoms with Crippen molar-refractivity contribution in [3.05, 3.63) is 33.3 Å². The van der Waals surface area contributed by atoms with Gasteiger partial charge in [-0.2, -0.15) is 0 Å². The van der Waals surface area contributed by atoms with Crippen molar-refractivity contribution in [2.24, 2.45) is 0 Å². The zero-order valence-electron chi connectivity index (χ0n) is 9.19. The quantitative estimate of drug-likeness (QED) is 0.763. The minimum atomic E-state index is -1.47. The molecule has 0 heterocycles. The van der Waals surface area contributed by atoms with Gasteiger partial charge in [0.05, 0.1) is 5.02 Å². The van der Waals surface area contributed by atoms with Crippen LogP contribution in [0, 0.1) is 0 Å². The first kappa shape index (κ1) is 14.9. The fourth-order valence-electron chi connectivity index (χ4n) is 1.19. The fraction of sp³-hybridized carbons (Fsp3) is 0.273. The number of amides is 1. The van der Waals surface area contributed by atoms with Crippen LogP contribution in [0.25, 0.3) is 0 Å². The molecule has 0 saturated heterocycles. The summed E-state index contributed by atoms with van der Waals surface area (Å²) >= 11 is 8.98. The van der Waals surface area contributed by atoms with E-state index in [1.807, 2.05) is 0 Å². The maximum absolute atomic E-state index is 11.7. The Morgan fingerprint density at radius 3 is 2.67 bits per heavy atom. The van der Waals surface area contributed by atoms with Crippen LogP contribution in [0.3, 0.4) is 0 Å². The van der Waals surface area contributed by atoms with Gasteiger partial charge in [-0.1, -0.05) is 11.6 Å². The molecule has 0 bridgehead atoms. The van der Waals surface area contributed by atoms with Crippen LogP contribution in [0.5, 0.6) is 0 Å². The molecule has 5 nitrogen and oxygen atoms in total. The average molecular weight is 337 g/mol. The first-order chi connectivity index (χ1) is 8.41. The predicted octanol–water partition coefficient (Wildman–Crippen LogP) is 1.67. The van der Waals surface area contributed by atoms with E-state index in [4.69, 9.17) is 21.8 Å². The van der Waals surface area contributed by atoms with Gasteiger partial charge >= 0.3 is 5.97 Å². The third-order valence-electron chi connectivity index (χ3n) is 2.17. The highest BCUT2D eigenvalue weighted by atomic mass is 79.9. The summed E-state index contributed by atoms with van der Waals surface area (Å²) in [5, 5.41) is 20.5. The predicted molar refractivity (Wildman–Crippen MR) is 69.7 cm³/mol. The summed E-state index contributed by atoms with van der Waals surface area (Å²) in [6, 6.07) is 4.69. The number of carbonyl (C=O) groups is 2. The standard InChI is InChI=1S/C11H11BrClNO4/c12-7-5-6(1-2-8(7)13)10(16)14-4-3-9(15)11(17)18/h1-2,5,9,15H,3-4H2,(H,14,16)(H,17,18)/t9-/m0/s1. The summed E-state index contributed by atoms with van der Waals surface area (Å²) in [7, 11) is 0. The molecule has 0 saturated carbocycles. The van der Waals surface area contributed by atoms with Gasteiger partial charge in [-0.05, 0) is 34.1 Å². The summed E-state index contributed by atoms with van der Waals surface area (Å²) < 4.78 is 0.599. The Hall–Kier alpha value is -1.11. The molecule has 1 amide bonds. The number of rotatable bonds is 5. The first-order valence-electron chi connectivity index (χ1n) is 5.06. The number of hydrogen-bond acceptors (Lipinski definition) is 3. The normalized spacial score (nSPS) is 11.9. The highest BCUT2D eigenvalue weighted by Crippen LogP contribution is 2.23. The van der Waals surface area contributed by atoms with Crippen LogP contribution in [-0.2, 0) is 4.79 Å². The first-order valence-corrected chi connectivity index (χ1v) is 6.23. The van der Waals surface area contributed by atoms with Gasteiger partial charge in [0.2, 0.25) is 0 Å². The van der Waals surface area contributed by atoms with Gasteiger partial charge in [0, 0.05) is 23.0 Å². The largest absolute Gasteiger partial charge is 0.479 e. The molecule has 3 N–H and O–H groups in total. The van der Waals surface area contributed by atoms with E-state index in [0.29, 0.717) is 15.1 Å². The zero-order chi connectivity index (χ0) is 13.7. The Morgan fingerprint density at radius 2 is 2.11 bits per heavy atom. The fourth-order valence-corrected chi connectivity index (χ4v) is 1.68. The molecule has 18 heavy (non-hydrogen) atoms. The number of benzene rings is 1. The molecule has 0 spiro atoms. The Balaban J connectivity index is 2.50. The van der Waals surface area contributed by atoms with E-state index in [0.717, 1.165) is 0 Å². The molecule has 0 fully saturated rings. The molecule has 1 aromatic carbocycles. The van der Waals surface area contributed by atoms with E-state index >= 15 is 0 Å². The lowest BCUT2D eigenvalue weighted by atomic mass is 10.2. The van der Waals surface area contributed by atoms with Gasteiger partial charge in [0.1, 0.15) is 0 Å². The molecule has 1 atom stereocenters. The maximum atomic E-state index is 11.7. The van der Waals surface area contributed by atoms with Crippen LogP contribution in [0.15, 0.2) is 22.7 Å². The molecule has 0 aliphatic rings. The smallest absolute Gasteiger partial charge is 0.332 e. The monoisotopic (exact) mass is 335 g/mol. The minimum Gasteiger partial charge on any atom is -0.479 e. The van der Waals surface area contributed by atoms with Gasteiger partial charge in [-0.15, -0.1) is 0 Å². The molecule has 0 aromatic heterocycles. The van der Waals surface area contributed by atoms with Crippen molar-refractivity contribution < 1.29 is 19.8 Å². The van der Waals surface area contributed by atoms with Crippen molar-refractivity contribution in [1.82, 2.24) is 5.32 Å². The summed E-state index contributed by atoms with van der Waals surface area (Å²) in [6.07, 6.45) is -1.52. The lowest BCUT2D eigenvalue weighted by molar-refractivity contribution is -0.146. The molecule has 0 radical (unpaired) electrons. The number of aliphatic hydroxyl groups excluding tert-OH is 1. The molecule has 7 heteroatoms. The Kier molecular flexibility index (Phi) is 5.58. The zero-order valence-corrected chi connectivity index (χ0v) is 11.5. The van der Waals surface area contributed by atoms with Crippen molar-refractivity contribution in [1.29, 1.82) is 0 Å². The molecular weight excluding hydrogens is 325 g/mol. The second-order valence-electron chi connectivity index (χ2n) is 3.53. The third-order valence-corrected chi connectivity index (χ3v) is 3.38. The van der Waals surface area contributed by atoms with Crippen molar-refractivity contribution in [3.8, 4) is 0 Å². The van der Waals surface area contributed by atoms with Crippen LogP contribution in [0.2, 0.25) is 5.02 Å². The van der Waals surface area contributed by atoms with E-state index in [2.05, 4.69) is 21.2 Å². The second kappa shape index (κ2) is 6.72. The number of aliphatic hydroxyl groups is 1. The highest BCUT2D eigenvalue weighted by Gasteiger charge is 2.13. The Bertz CT molecular complexity index is 466. The topological polar surface area (TPSA) is 86.6 Å².